The molecule has 0 amide bonds. The Morgan fingerprint density at radius 3 is 2.61 bits per heavy atom. The van der Waals surface area contributed by atoms with E-state index in [1.165, 1.54) is 12.1 Å². The Hall–Kier alpha value is -1.22. The van der Waals surface area contributed by atoms with Gasteiger partial charge in [-0.3, -0.25) is 4.79 Å². The highest BCUT2D eigenvalue weighted by Crippen LogP contribution is 2.17. The highest BCUT2D eigenvalue weighted by molar-refractivity contribution is 5.96. The van der Waals surface area contributed by atoms with Crippen LogP contribution in [0.5, 0.6) is 0 Å². The van der Waals surface area contributed by atoms with E-state index in [9.17, 15) is 9.18 Å². The lowest BCUT2D eigenvalue weighted by molar-refractivity contribution is 0.0929. The van der Waals surface area contributed by atoms with E-state index in [1.807, 2.05) is 7.05 Å². The first-order valence-electron chi connectivity index (χ1n) is 6.37. The third-order valence-electron chi connectivity index (χ3n) is 3.72. The third kappa shape index (κ3) is 3.91. The fourth-order valence-corrected chi connectivity index (χ4v) is 1.65. The minimum atomic E-state index is -0.358. The Balaban J connectivity index is 2.57. The van der Waals surface area contributed by atoms with Crippen molar-refractivity contribution < 1.29 is 9.18 Å². The summed E-state index contributed by atoms with van der Waals surface area (Å²) in [7, 11) is 2.02. The quantitative estimate of drug-likeness (QED) is 0.721. The molecular formula is C15H22FNO. The van der Waals surface area contributed by atoms with Crippen LogP contribution in [-0.2, 0) is 0 Å². The fourth-order valence-electron chi connectivity index (χ4n) is 1.65. The molecule has 0 N–H and O–H groups in total. The summed E-state index contributed by atoms with van der Waals surface area (Å²) in [5.41, 5.74) is 0.542. The molecule has 100 valence electrons. The fraction of sp³-hybridized carbons (Fsp3) is 0.533. The molecule has 18 heavy (non-hydrogen) atoms. The SMILES string of the molecule is CCC(C)(C)N(C)CCC(=O)c1cccc(F)c1. The van der Waals surface area contributed by atoms with Gasteiger partial charge in [0.05, 0.1) is 0 Å². The van der Waals surface area contributed by atoms with E-state index in [0.717, 1.165) is 6.42 Å². The minimum absolute atomic E-state index is 0.00625. The second-order valence-electron chi connectivity index (χ2n) is 5.27. The van der Waals surface area contributed by atoms with Crippen LogP contribution >= 0.6 is 0 Å². The van der Waals surface area contributed by atoms with Gasteiger partial charge in [-0.15, -0.1) is 0 Å². The predicted octanol–water partition coefficient (Wildman–Crippen LogP) is 3.52. The second-order valence-corrected chi connectivity index (χ2v) is 5.27. The number of nitrogens with zero attached hydrogens (tertiary/aromatic N) is 1. The van der Waals surface area contributed by atoms with E-state index >= 15 is 0 Å². The average molecular weight is 251 g/mol. The number of hydrogen-bond acceptors (Lipinski definition) is 2. The maximum Gasteiger partial charge on any atom is 0.164 e. The van der Waals surface area contributed by atoms with Crippen LogP contribution < -0.4 is 0 Å². The van der Waals surface area contributed by atoms with Gasteiger partial charge in [-0.05, 0) is 39.4 Å². The summed E-state index contributed by atoms with van der Waals surface area (Å²) < 4.78 is 13.0. The smallest absolute Gasteiger partial charge is 0.164 e. The molecule has 0 saturated heterocycles. The van der Waals surface area contributed by atoms with Crippen LogP contribution in [0, 0.1) is 5.82 Å². The van der Waals surface area contributed by atoms with Gasteiger partial charge in [-0.1, -0.05) is 19.1 Å². The Morgan fingerprint density at radius 1 is 1.39 bits per heavy atom. The van der Waals surface area contributed by atoms with Crippen molar-refractivity contribution >= 4 is 5.78 Å². The summed E-state index contributed by atoms with van der Waals surface area (Å²) >= 11 is 0. The molecule has 0 heterocycles. The molecule has 0 radical (unpaired) electrons. The standard InChI is InChI=1S/C15H22FNO/c1-5-15(2,3)17(4)10-9-14(18)12-7-6-8-13(16)11-12/h6-8,11H,5,9-10H2,1-4H3. The molecule has 0 aliphatic carbocycles. The number of halogens is 1. The van der Waals surface area contributed by atoms with E-state index in [0.29, 0.717) is 18.5 Å². The number of carbonyl (C=O) groups excluding carboxylic acids is 1. The lowest BCUT2D eigenvalue weighted by atomic mass is 9.99. The summed E-state index contributed by atoms with van der Waals surface area (Å²) in [6.45, 7) is 7.13. The average Bonchev–Trinajstić information content (AvgIpc) is 2.35. The van der Waals surface area contributed by atoms with Crippen LogP contribution in [-0.4, -0.2) is 29.8 Å². The molecule has 0 bridgehead atoms. The maximum absolute atomic E-state index is 13.0. The lowest BCUT2D eigenvalue weighted by Gasteiger charge is -2.34. The van der Waals surface area contributed by atoms with Gasteiger partial charge in [0, 0.05) is 24.1 Å². The van der Waals surface area contributed by atoms with Crippen LogP contribution in [0.3, 0.4) is 0 Å². The van der Waals surface area contributed by atoms with Gasteiger partial charge in [-0.2, -0.15) is 0 Å². The Labute approximate surface area is 109 Å². The Bertz CT molecular complexity index is 415. The van der Waals surface area contributed by atoms with Crippen LogP contribution in [0.2, 0.25) is 0 Å². The molecule has 0 aliphatic rings. The first-order chi connectivity index (χ1) is 8.36. The van der Waals surface area contributed by atoms with Gasteiger partial charge in [0.1, 0.15) is 5.82 Å². The van der Waals surface area contributed by atoms with Gasteiger partial charge in [0.15, 0.2) is 5.78 Å². The molecule has 1 rings (SSSR count). The summed E-state index contributed by atoms with van der Waals surface area (Å²) in [5.74, 6) is -0.364. The van der Waals surface area contributed by atoms with Gasteiger partial charge < -0.3 is 4.90 Å². The molecule has 0 unspecified atom stereocenters. The van der Waals surface area contributed by atoms with E-state index in [1.54, 1.807) is 12.1 Å². The topological polar surface area (TPSA) is 20.3 Å². The number of hydrogen-bond donors (Lipinski definition) is 0. The number of carbonyl (C=O) groups is 1. The Kier molecular flexibility index (Phi) is 5.03. The van der Waals surface area contributed by atoms with E-state index in [4.69, 9.17) is 0 Å². The van der Waals surface area contributed by atoms with Crippen LogP contribution in [0.25, 0.3) is 0 Å². The van der Waals surface area contributed by atoms with E-state index in [-0.39, 0.29) is 17.1 Å². The molecule has 0 aromatic heterocycles. The monoisotopic (exact) mass is 251 g/mol. The zero-order chi connectivity index (χ0) is 13.8. The van der Waals surface area contributed by atoms with Crippen molar-refractivity contribution in [2.45, 2.75) is 39.2 Å². The molecule has 2 nitrogen and oxygen atoms in total. The summed E-state index contributed by atoms with van der Waals surface area (Å²) in [6, 6.07) is 5.88. The molecule has 0 fully saturated rings. The summed E-state index contributed by atoms with van der Waals surface area (Å²) in [4.78, 5) is 14.1. The number of rotatable bonds is 6. The highest BCUT2D eigenvalue weighted by atomic mass is 19.1. The zero-order valence-electron chi connectivity index (χ0n) is 11.7. The normalized spacial score (nSPS) is 11.9. The summed E-state index contributed by atoms with van der Waals surface area (Å²) in [5, 5.41) is 0. The van der Waals surface area contributed by atoms with E-state index in [2.05, 4.69) is 25.7 Å². The van der Waals surface area contributed by atoms with Gasteiger partial charge in [0.2, 0.25) is 0 Å². The van der Waals surface area contributed by atoms with Gasteiger partial charge in [-0.25, -0.2) is 4.39 Å². The Morgan fingerprint density at radius 2 is 2.06 bits per heavy atom. The predicted molar refractivity (Wildman–Crippen MR) is 72.3 cm³/mol. The lowest BCUT2D eigenvalue weighted by Crippen LogP contribution is -2.41. The van der Waals surface area contributed by atoms with Crippen molar-refractivity contribution in [3.8, 4) is 0 Å². The largest absolute Gasteiger partial charge is 0.301 e. The molecule has 0 aliphatic heterocycles. The molecular weight excluding hydrogens is 229 g/mol. The number of benzene rings is 1. The minimum Gasteiger partial charge on any atom is -0.301 e. The van der Waals surface area contributed by atoms with Crippen LogP contribution in [0.1, 0.15) is 44.0 Å². The first-order valence-corrected chi connectivity index (χ1v) is 6.37. The van der Waals surface area contributed by atoms with Crippen molar-refractivity contribution in [2.75, 3.05) is 13.6 Å². The number of Topliss-reactive ketones (excluding diaryl/α,β-unsaturated/α-hetero) is 1. The molecule has 1 aromatic carbocycles. The zero-order valence-corrected chi connectivity index (χ0v) is 11.7. The second kappa shape index (κ2) is 6.10. The van der Waals surface area contributed by atoms with Crippen molar-refractivity contribution in [3.63, 3.8) is 0 Å². The van der Waals surface area contributed by atoms with Crippen molar-refractivity contribution in [2.24, 2.45) is 0 Å². The van der Waals surface area contributed by atoms with Crippen molar-refractivity contribution in [1.29, 1.82) is 0 Å². The maximum atomic E-state index is 13.0. The third-order valence-corrected chi connectivity index (χ3v) is 3.72. The van der Waals surface area contributed by atoms with Crippen molar-refractivity contribution in [3.05, 3.63) is 35.6 Å². The van der Waals surface area contributed by atoms with Crippen LogP contribution in [0.15, 0.2) is 24.3 Å². The highest BCUT2D eigenvalue weighted by Gasteiger charge is 2.21. The van der Waals surface area contributed by atoms with Crippen LogP contribution in [0.4, 0.5) is 4.39 Å². The summed E-state index contributed by atoms with van der Waals surface area (Å²) in [6.07, 6.45) is 1.45. The van der Waals surface area contributed by atoms with Gasteiger partial charge in [0.25, 0.3) is 0 Å². The number of ketones is 1. The van der Waals surface area contributed by atoms with Crippen molar-refractivity contribution in [1.82, 2.24) is 4.90 Å². The molecule has 0 atom stereocenters. The molecule has 0 spiro atoms. The molecule has 0 saturated carbocycles. The molecule has 3 heteroatoms. The van der Waals surface area contributed by atoms with Gasteiger partial charge >= 0.3 is 0 Å². The molecule has 1 aromatic rings. The first kappa shape index (κ1) is 14.8. The van der Waals surface area contributed by atoms with E-state index < -0.39 is 0 Å².